The van der Waals surface area contributed by atoms with Gasteiger partial charge >= 0.3 is 0 Å². The molecule has 13 heavy (non-hydrogen) atoms. The standard InChI is InChI=1S/C9H18N2OS/c1-7-5-11(2)4-3-8(7)10-9(12)6-13/h7-8,13H,3-6H2,1-2H3,(H,10,12). The number of amides is 1. The quantitative estimate of drug-likeness (QED) is 0.634. The average Bonchev–Trinajstić information content (AvgIpc) is 2.09. The molecule has 2 atom stereocenters. The first-order chi connectivity index (χ1) is 6.13. The Morgan fingerprint density at radius 3 is 2.92 bits per heavy atom. The maximum atomic E-state index is 11.1. The minimum Gasteiger partial charge on any atom is -0.352 e. The Morgan fingerprint density at radius 2 is 2.38 bits per heavy atom. The second-order valence-electron chi connectivity index (χ2n) is 3.86. The zero-order valence-corrected chi connectivity index (χ0v) is 9.18. The van der Waals surface area contributed by atoms with Crippen molar-refractivity contribution in [3.05, 3.63) is 0 Å². The minimum atomic E-state index is 0.0461. The van der Waals surface area contributed by atoms with Crippen molar-refractivity contribution < 1.29 is 4.79 Å². The van der Waals surface area contributed by atoms with Gasteiger partial charge in [0.25, 0.3) is 0 Å². The van der Waals surface area contributed by atoms with E-state index in [1.807, 2.05) is 0 Å². The molecule has 1 heterocycles. The summed E-state index contributed by atoms with van der Waals surface area (Å²) in [6.07, 6.45) is 1.05. The van der Waals surface area contributed by atoms with Crippen molar-refractivity contribution >= 4 is 18.5 Å². The Morgan fingerprint density at radius 1 is 1.69 bits per heavy atom. The van der Waals surface area contributed by atoms with Crippen LogP contribution in [-0.4, -0.2) is 42.7 Å². The number of hydrogen-bond acceptors (Lipinski definition) is 3. The molecule has 0 aromatic carbocycles. The van der Waals surface area contributed by atoms with Gasteiger partial charge in [-0.2, -0.15) is 12.6 Å². The summed E-state index contributed by atoms with van der Waals surface area (Å²) in [6, 6.07) is 0.343. The van der Waals surface area contributed by atoms with Crippen LogP contribution in [0.2, 0.25) is 0 Å². The van der Waals surface area contributed by atoms with Gasteiger partial charge in [0.1, 0.15) is 0 Å². The van der Waals surface area contributed by atoms with Gasteiger partial charge in [-0.05, 0) is 25.9 Å². The van der Waals surface area contributed by atoms with E-state index in [0.717, 1.165) is 19.5 Å². The lowest BCUT2D eigenvalue weighted by molar-refractivity contribution is -0.119. The first-order valence-electron chi connectivity index (χ1n) is 4.72. The lowest BCUT2D eigenvalue weighted by Gasteiger charge is -2.35. The molecule has 0 aliphatic carbocycles. The summed E-state index contributed by atoms with van der Waals surface area (Å²) >= 11 is 3.94. The summed E-state index contributed by atoms with van der Waals surface area (Å²) in [7, 11) is 2.12. The fraction of sp³-hybridized carbons (Fsp3) is 0.889. The van der Waals surface area contributed by atoms with Crippen LogP contribution in [0.25, 0.3) is 0 Å². The van der Waals surface area contributed by atoms with E-state index in [1.54, 1.807) is 0 Å². The lowest BCUT2D eigenvalue weighted by atomic mass is 9.94. The molecular formula is C9H18N2OS. The number of likely N-dealkylation sites (tertiary alicyclic amines) is 1. The van der Waals surface area contributed by atoms with E-state index in [2.05, 4.69) is 36.8 Å². The van der Waals surface area contributed by atoms with Crippen LogP contribution in [0.15, 0.2) is 0 Å². The summed E-state index contributed by atoms with van der Waals surface area (Å²) < 4.78 is 0. The number of carbonyl (C=O) groups is 1. The van der Waals surface area contributed by atoms with Gasteiger partial charge in [0.05, 0.1) is 5.75 Å². The zero-order chi connectivity index (χ0) is 9.84. The van der Waals surface area contributed by atoms with Crippen LogP contribution in [0.4, 0.5) is 0 Å². The van der Waals surface area contributed by atoms with Crippen LogP contribution >= 0.6 is 12.6 Å². The van der Waals surface area contributed by atoms with Crippen molar-refractivity contribution in [3.8, 4) is 0 Å². The van der Waals surface area contributed by atoms with Gasteiger partial charge in [-0.3, -0.25) is 4.79 Å². The number of carbonyl (C=O) groups excluding carboxylic acids is 1. The van der Waals surface area contributed by atoms with Crippen molar-refractivity contribution in [2.45, 2.75) is 19.4 Å². The highest BCUT2D eigenvalue weighted by Crippen LogP contribution is 2.14. The van der Waals surface area contributed by atoms with Crippen LogP contribution in [0.1, 0.15) is 13.3 Å². The van der Waals surface area contributed by atoms with E-state index in [-0.39, 0.29) is 5.91 Å². The Hall–Kier alpha value is -0.220. The van der Waals surface area contributed by atoms with Gasteiger partial charge < -0.3 is 10.2 Å². The summed E-state index contributed by atoms with van der Waals surface area (Å²) in [6.45, 7) is 4.32. The van der Waals surface area contributed by atoms with E-state index in [9.17, 15) is 4.79 Å². The van der Waals surface area contributed by atoms with E-state index < -0.39 is 0 Å². The molecule has 4 heteroatoms. The number of nitrogens with one attached hydrogen (secondary N) is 1. The topological polar surface area (TPSA) is 32.3 Å². The third-order valence-corrected chi connectivity index (χ3v) is 2.89. The normalized spacial score (nSPS) is 30.1. The Balaban J connectivity index is 2.38. The number of hydrogen-bond donors (Lipinski definition) is 2. The van der Waals surface area contributed by atoms with Gasteiger partial charge in [-0.1, -0.05) is 6.92 Å². The maximum absolute atomic E-state index is 11.1. The smallest absolute Gasteiger partial charge is 0.229 e. The van der Waals surface area contributed by atoms with Crippen molar-refractivity contribution in [1.82, 2.24) is 10.2 Å². The molecule has 76 valence electrons. The summed E-state index contributed by atoms with van der Waals surface area (Å²) in [5.41, 5.74) is 0. The van der Waals surface area contributed by atoms with Crippen LogP contribution in [0, 0.1) is 5.92 Å². The first kappa shape index (κ1) is 10.9. The summed E-state index contributed by atoms with van der Waals surface area (Å²) in [5.74, 6) is 0.881. The molecule has 0 radical (unpaired) electrons. The number of piperidine rings is 1. The van der Waals surface area contributed by atoms with Crippen LogP contribution in [-0.2, 0) is 4.79 Å². The fourth-order valence-electron chi connectivity index (χ4n) is 1.82. The Kier molecular flexibility index (Phi) is 4.06. The van der Waals surface area contributed by atoms with Crippen molar-refractivity contribution in [2.75, 3.05) is 25.9 Å². The van der Waals surface area contributed by atoms with Gasteiger partial charge in [0, 0.05) is 12.6 Å². The predicted molar refractivity (Wildman–Crippen MR) is 57.1 cm³/mol. The number of nitrogens with zero attached hydrogens (tertiary/aromatic N) is 1. The highest BCUT2D eigenvalue weighted by molar-refractivity contribution is 7.81. The van der Waals surface area contributed by atoms with Crippen molar-refractivity contribution in [1.29, 1.82) is 0 Å². The van der Waals surface area contributed by atoms with E-state index in [0.29, 0.717) is 17.7 Å². The molecule has 1 amide bonds. The molecular weight excluding hydrogens is 184 g/mol. The molecule has 1 aliphatic heterocycles. The van der Waals surface area contributed by atoms with Crippen molar-refractivity contribution in [3.63, 3.8) is 0 Å². The minimum absolute atomic E-state index is 0.0461. The van der Waals surface area contributed by atoms with Crippen molar-refractivity contribution in [2.24, 2.45) is 5.92 Å². The second kappa shape index (κ2) is 4.86. The molecule has 1 N–H and O–H groups in total. The van der Waals surface area contributed by atoms with E-state index in [1.165, 1.54) is 0 Å². The summed E-state index contributed by atoms with van der Waals surface area (Å²) in [4.78, 5) is 13.4. The number of thiol groups is 1. The van der Waals surface area contributed by atoms with Crippen LogP contribution < -0.4 is 5.32 Å². The molecule has 1 fully saturated rings. The average molecular weight is 202 g/mol. The second-order valence-corrected chi connectivity index (χ2v) is 4.18. The highest BCUT2D eigenvalue weighted by atomic mass is 32.1. The zero-order valence-electron chi connectivity index (χ0n) is 8.29. The highest BCUT2D eigenvalue weighted by Gasteiger charge is 2.24. The SMILES string of the molecule is CC1CN(C)CCC1NC(=O)CS. The molecule has 1 saturated heterocycles. The third-order valence-electron chi connectivity index (χ3n) is 2.60. The fourth-order valence-corrected chi connectivity index (χ4v) is 1.91. The van der Waals surface area contributed by atoms with Gasteiger partial charge in [-0.15, -0.1) is 0 Å². The third kappa shape index (κ3) is 3.19. The maximum Gasteiger partial charge on any atom is 0.229 e. The summed E-state index contributed by atoms with van der Waals surface area (Å²) in [5, 5.41) is 3.00. The van der Waals surface area contributed by atoms with E-state index >= 15 is 0 Å². The van der Waals surface area contributed by atoms with Crippen LogP contribution in [0.5, 0.6) is 0 Å². The molecule has 0 bridgehead atoms. The largest absolute Gasteiger partial charge is 0.352 e. The molecule has 0 aromatic rings. The monoisotopic (exact) mass is 202 g/mol. The van der Waals surface area contributed by atoms with Crippen LogP contribution in [0.3, 0.4) is 0 Å². The van der Waals surface area contributed by atoms with Gasteiger partial charge in [0.15, 0.2) is 0 Å². The van der Waals surface area contributed by atoms with Gasteiger partial charge in [0.2, 0.25) is 5.91 Å². The van der Waals surface area contributed by atoms with Gasteiger partial charge in [-0.25, -0.2) is 0 Å². The lowest BCUT2D eigenvalue weighted by Crippen LogP contribution is -2.49. The Bertz CT molecular complexity index is 186. The first-order valence-corrected chi connectivity index (χ1v) is 5.35. The molecule has 1 rings (SSSR count). The molecule has 0 saturated carbocycles. The molecule has 0 aromatic heterocycles. The van der Waals surface area contributed by atoms with E-state index in [4.69, 9.17) is 0 Å². The number of rotatable bonds is 2. The molecule has 1 aliphatic rings. The molecule has 0 spiro atoms. The Labute approximate surface area is 85.3 Å². The molecule has 3 nitrogen and oxygen atoms in total. The predicted octanol–water partition coefficient (Wildman–Crippen LogP) is 0.373. The molecule has 2 unspecified atom stereocenters.